The SMILES string of the molecule is CC1(C)S[C@@H]2[C@H](N(C(=O)CCC(=O)N(C(=O)C(NC(N)=O)c3ccccc3)[C@@H]3C(=O)N4[C@@H]3SC(C)(C)[C@@H]4C(=O)O)C(=O)C(NC(N)=O)c3ccccc3)C(=O)N2[C@H]1C(=O)O. The lowest BCUT2D eigenvalue weighted by molar-refractivity contribution is -0.174. The summed E-state index contributed by atoms with van der Waals surface area (Å²) in [5.41, 5.74) is 11.2. The molecular weight excluding hydrogens is 825 g/mol. The molecule has 20 nitrogen and oxygen atoms in total. The fourth-order valence-corrected chi connectivity index (χ4v) is 11.5. The molecule has 2 unspecified atom stereocenters. The third-order valence-electron chi connectivity index (χ3n) is 10.7. The number of nitrogens with one attached hydrogen (secondary N) is 2. The van der Waals surface area contributed by atoms with E-state index >= 15 is 0 Å². The lowest BCUT2D eigenvalue weighted by atomic mass is 9.93. The number of hydrogen-bond donors (Lipinski definition) is 6. The minimum absolute atomic E-state index is 0.164. The van der Waals surface area contributed by atoms with E-state index in [-0.39, 0.29) is 11.1 Å². The molecule has 8 N–H and O–H groups in total. The highest BCUT2D eigenvalue weighted by atomic mass is 32.2. The van der Waals surface area contributed by atoms with Crippen LogP contribution in [0.15, 0.2) is 60.7 Å². The minimum Gasteiger partial charge on any atom is -0.480 e. The zero-order valence-electron chi connectivity index (χ0n) is 32.5. The monoisotopic (exact) mass is 866 g/mol. The van der Waals surface area contributed by atoms with Gasteiger partial charge in [0.1, 0.15) is 47.0 Å². The summed E-state index contributed by atoms with van der Waals surface area (Å²) in [5.74, 6) is -8.96. The van der Waals surface area contributed by atoms with Gasteiger partial charge >= 0.3 is 24.0 Å². The molecule has 0 bridgehead atoms. The summed E-state index contributed by atoms with van der Waals surface area (Å²) in [6.07, 6.45) is -1.74. The molecule has 4 aliphatic rings. The molecule has 4 aliphatic heterocycles. The van der Waals surface area contributed by atoms with Crippen LogP contribution in [-0.2, 0) is 38.4 Å². The van der Waals surface area contributed by atoms with E-state index in [9.17, 15) is 58.2 Å². The van der Waals surface area contributed by atoms with E-state index in [1.54, 1.807) is 64.1 Å². The molecule has 4 fully saturated rings. The molecule has 8 atom stereocenters. The van der Waals surface area contributed by atoms with Crippen molar-refractivity contribution < 1.29 is 58.2 Å². The molecular formula is C38H42N8O12S2. The fraction of sp³-hybridized carbons (Fsp3) is 0.421. The second-order valence-electron chi connectivity index (χ2n) is 15.5. The van der Waals surface area contributed by atoms with E-state index in [1.165, 1.54) is 24.3 Å². The van der Waals surface area contributed by atoms with Gasteiger partial charge in [-0.05, 0) is 38.8 Å². The number of fused-ring (bicyclic) bond motifs is 2. The summed E-state index contributed by atoms with van der Waals surface area (Å²) in [5, 5.41) is 22.5. The third kappa shape index (κ3) is 7.59. The Morgan fingerprint density at radius 1 is 0.633 bits per heavy atom. The van der Waals surface area contributed by atoms with Crippen molar-refractivity contribution in [3.05, 3.63) is 71.8 Å². The number of rotatable bonds is 13. The predicted molar refractivity (Wildman–Crippen MR) is 212 cm³/mol. The summed E-state index contributed by atoms with van der Waals surface area (Å²) in [6.45, 7) is 6.33. The van der Waals surface area contributed by atoms with Crippen LogP contribution in [0.1, 0.15) is 63.7 Å². The lowest BCUT2D eigenvalue weighted by Gasteiger charge is -2.48. The summed E-state index contributed by atoms with van der Waals surface area (Å²) in [4.78, 5) is 138. The number of carbonyl (C=O) groups excluding carboxylic acids is 8. The number of urea groups is 2. The molecule has 4 heterocycles. The highest BCUT2D eigenvalue weighted by molar-refractivity contribution is 8.02. The van der Waals surface area contributed by atoms with Gasteiger partial charge in [0, 0.05) is 22.3 Å². The standard InChI is InChI=1S/C38H42N8O12S2/c1-37(2)25(33(53)54)45-29(51)23(31(45)59-37)43(27(49)21(41-35(39)57)17-11-7-5-8-12-17)19(47)15-16-20(48)44(28(50)22(42-36(40)58)18-13-9-6-10-14-18)24-30(52)46-26(34(55)56)38(3,4)60-32(24)46/h5-14,21-26,31-32H,15-16H2,1-4H3,(H,53,54)(H,55,56)(H3,39,41,57)(H3,40,42,58)/t21?,22?,23-,24-,25+,26+,31-,32-/m1/s1. The van der Waals surface area contributed by atoms with Gasteiger partial charge in [0.15, 0.2) is 0 Å². The highest BCUT2D eigenvalue weighted by Gasteiger charge is 2.68. The largest absolute Gasteiger partial charge is 0.480 e. The molecule has 0 radical (unpaired) electrons. The Kier molecular flexibility index (Phi) is 11.7. The molecule has 318 valence electrons. The first-order chi connectivity index (χ1) is 28.1. The maximum atomic E-state index is 14.5. The zero-order valence-corrected chi connectivity index (χ0v) is 34.2. The van der Waals surface area contributed by atoms with Crippen molar-refractivity contribution in [3.8, 4) is 0 Å². The second-order valence-corrected chi connectivity index (χ2v) is 19.0. The molecule has 6 rings (SSSR count). The van der Waals surface area contributed by atoms with Gasteiger partial charge in [-0.1, -0.05) is 60.7 Å². The number of hydrogen-bond acceptors (Lipinski definition) is 12. The maximum Gasteiger partial charge on any atom is 0.327 e. The third-order valence-corrected chi connectivity index (χ3v) is 13.9. The number of carboxylic acid groups (broad SMARTS) is 2. The van der Waals surface area contributed by atoms with Gasteiger partial charge in [-0.25, -0.2) is 19.2 Å². The van der Waals surface area contributed by atoms with Crippen molar-refractivity contribution in [2.75, 3.05) is 0 Å². The van der Waals surface area contributed by atoms with Crippen LogP contribution in [0.25, 0.3) is 0 Å². The number of thioether (sulfide) groups is 2. The Labute approximate surface area is 350 Å². The van der Waals surface area contributed by atoms with Crippen molar-refractivity contribution in [2.45, 2.75) is 97.0 Å². The van der Waals surface area contributed by atoms with Crippen LogP contribution in [0.4, 0.5) is 9.59 Å². The maximum absolute atomic E-state index is 14.5. The number of amides is 10. The number of primary amides is 2. The van der Waals surface area contributed by atoms with E-state index in [2.05, 4.69) is 10.6 Å². The Balaban J connectivity index is 1.36. The number of carboxylic acids is 2. The molecule has 0 saturated carbocycles. The molecule has 10 amide bonds. The van der Waals surface area contributed by atoms with Gasteiger partial charge < -0.3 is 42.1 Å². The van der Waals surface area contributed by atoms with E-state index in [0.717, 1.165) is 33.3 Å². The number of benzene rings is 2. The first kappa shape index (κ1) is 43.4. The average Bonchev–Trinajstić information content (AvgIpc) is 3.59. The molecule has 22 heteroatoms. The summed E-state index contributed by atoms with van der Waals surface area (Å²) in [7, 11) is 0. The number of carbonyl (C=O) groups is 10. The second kappa shape index (κ2) is 16.1. The van der Waals surface area contributed by atoms with E-state index < -0.39 is 129 Å². The van der Waals surface area contributed by atoms with Crippen molar-refractivity contribution >= 4 is 83.0 Å². The number of imide groups is 2. The van der Waals surface area contributed by atoms with Crippen molar-refractivity contribution in [1.82, 2.24) is 30.2 Å². The Hall–Kier alpha value is -6.16. The average molecular weight is 867 g/mol. The van der Waals surface area contributed by atoms with Crippen molar-refractivity contribution in [2.24, 2.45) is 11.5 Å². The predicted octanol–water partition coefficient (Wildman–Crippen LogP) is 0.327. The molecule has 2 aromatic carbocycles. The summed E-state index contributed by atoms with van der Waals surface area (Å²) in [6, 6.07) is 3.78. The van der Waals surface area contributed by atoms with E-state index in [4.69, 9.17) is 11.5 Å². The van der Waals surface area contributed by atoms with Crippen LogP contribution >= 0.6 is 23.5 Å². The number of β-lactam (4-membered cyclic amide) rings is 2. The fourth-order valence-electron chi connectivity index (χ4n) is 8.17. The smallest absolute Gasteiger partial charge is 0.327 e. The Morgan fingerprint density at radius 2 is 0.950 bits per heavy atom. The van der Waals surface area contributed by atoms with E-state index in [1.807, 2.05) is 0 Å². The van der Waals surface area contributed by atoms with Crippen LogP contribution in [0.5, 0.6) is 0 Å². The molecule has 0 aliphatic carbocycles. The molecule has 2 aromatic rings. The quantitative estimate of drug-likeness (QED) is 0.148. The van der Waals surface area contributed by atoms with Gasteiger partial charge in [0.05, 0.1) is 0 Å². The van der Waals surface area contributed by atoms with Crippen LogP contribution in [0.2, 0.25) is 0 Å². The molecule has 0 aromatic heterocycles. The molecule has 0 spiro atoms. The van der Waals surface area contributed by atoms with Gasteiger partial charge in [0.2, 0.25) is 11.8 Å². The Morgan fingerprint density at radius 3 is 1.23 bits per heavy atom. The van der Waals surface area contributed by atoms with Crippen LogP contribution in [0.3, 0.4) is 0 Å². The van der Waals surface area contributed by atoms with Gasteiger partial charge in [0.25, 0.3) is 23.6 Å². The number of nitrogens with two attached hydrogens (primary N) is 2. The van der Waals surface area contributed by atoms with Gasteiger partial charge in [-0.3, -0.25) is 38.6 Å². The van der Waals surface area contributed by atoms with Gasteiger partial charge in [-0.15, -0.1) is 23.5 Å². The lowest BCUT2D eigenvalue weighted by Crippen LogP contribution is -2.73. The topological polar surface area (TPSA) is 300 Å². The van der Waals surface area contributed by atoms with Crippen LogP contribution in [0, 0.1) is 0 Å². The summed E-state index contributed by atoms with van der Waals surface area (Å²) >= 11 is 2.06. The first-order valence-corrected chi connectivity index (χ1v) is 20.3. The normalized spacial score (nSPS) is 25.3. The minimum atomic E-state index is -1.63. The number of aliphatic carboxylic acids is 2. The van der Waals surface area contributed by atoms with Crippen LogP contribution < -0.4 is 22.1 Å². The Bertz CT molecular complexity index is 2020. The molecule has 60 heavy (non-hydrogen) atoms. The van der Waals surface area contributed by atoms with Crippen molar-refractivity contribution in [1.29, 1.82) is 0 Å². The van der Waals surface area contributed by atoms with E-state index in [0.29, 0.717) is 9.80 Å². The van der Waals surface area contributed by atoms with Gasteiger partial charge in [-0.2, -0.15) is 0 Å². The number of nitrogens with zero attached hydrogens (tertiary/aromatic N) is 4. The molecule has 4 saturated heterocycles. The van der Waals surface area contributed by atoms with Crippen molar-refractivity contribution in [3.63, 3.8) is 0 Å². The highest BCUT2D eigenvalue weighted by Crippen LogP contribution is 2.54. The summed E-state index contributed by atoms with van der Waals surface area (Å²) < 4.78 is -2.16. The van der Waals surface area contributed by atoms with Crippen LogP contribution in [-0.4, -0.2) is 134 Å². The first-order valence-electron chi connectivity index (χ1n) is 18.5. The zero-order chi connectivity index (χ0) is 44.2.